The van der Waals surface area contributed by atoms with E-state index >= 15 is 0 Å². The van der Waals surface area contributed by atoms with E-state index < -0.39 is 0 Å². The fraction of sp³-hybridized carbons (Fsp3) is 0.529. The van der Waals surface area contributed by atoms with Crippen LogP contribution in [-0.4, -0.2) is 49.7 Å². The van der Waals surface area contributed by atoms with Crippen LogP contribution in [0.15, 0.2) is 30.7 Å². The van der Waals surface area contributed by atoms with Crippen LogP contribution in [0.2, 0.25) is 0 Å². The Balaban J connectivity index is 1.29. The Hall–Kier alpha value is -2.44. The molecule has 2 fully saturated rings. The van der Waals surface area contributed by atoms with Crippen molar-refractivity contribution in [1.29, 1.82) is 0 Å². The molecule has 0 aromatic carbocycles. The van der Waals surface area contributed by atoms with E-state index in [4.69, 9.17) is 0 Å². The van der Waals surface area contributed by atoms with Crippen LogP contribution in [0.3, 0.4) is 0 Å². The summed E-state index contributed by atoms with van der Waals surface area (Å²) in [5, 5.41) is 7.67. The van der Waals surface area contributed by atoms with Gasteiger partial charge in [-0.15, -0.1) is 0 Å². The van der Waals surface area contributed by atoms with Crippen molar-refractivity contribution in [3.63, 3.8) is 0 Å². The first-order valence-corrected chi connectivity index (χ1v) is 8.42. The van der Waals surface area contributed by atoms with E-state index in [0.717, 1.165) is 38.0 Å². The molecule has 0 radical (unpaired) electrons. The molecule has 1 amide bonds. The summed E-state index contributed by atoms with van der Waals surface area (Å²) in [5.74, 6) is 0.881. The predicted molar refractivity (Wildman–Crippen MR) is 89.2 cm³/mol. The highest BCUT2D eigenvalue weighted by molar-refractivity contribution is 5.78. The molecule has 126 valence electrons. The number of carbonyl (C=O) groups excluding carboxylic acids is 1. The van der Waals surface area contributed by atoms with Gasteiger partial charge in [-0.3, -0.25) is 9.48 Å². The molecule has 2 aromatic heterocycles. The van der Waals surface area contributed by atoms with E-state index in [2.05, 4.69) is 20.4 Å². The molecule has 2 aliphatic rings. The van der Waals surface area contributed by atoms with Crippen LogP contribution >= 0.6 is 0 Å². The quantitative estimate of drug-likeness (QED) is 0.915. The summed E-state index contributed by atoms with van der Waals surface area (Å²) in [7, 11) is 1.87. The lowest BCUT2D eigenvalue weighted by Gasteiger charge is -2.45. The molecular formula is C17H22N6O. The van der Waals surface area contributed by atoms with Crippen LogP contribution in [0.4, 0.5) is 5.95 Å². The van der Waals surface area contributed by atoms with Gasteiger partial charge in [-0.25, -0.2) is 9.97 Å². The van der Waals surface area contributed by atoms with Gasteiger partial charge in [0.2, 0.25) is 11.9 Å². The maximum Gasteiger partial charge on any atom is 0.228 e. The number of anilines is 1. The lowest BCUT2D eigenvalue weighted by molar-refractivity contribution is -0.130. The van der Waals surface area contributed by atoms with Crippen molar-refractivity contribution in [2.24, 2.45) is 12.5 Å². The zero-order valence-corrected chi connectivity index (χ0v) is 13.9. The fourth-order valence-electron chi connectivity index (χ4n) is 3.95. The van der Waals surface area contributed by atoms with Gasteiger partial charge >= 0.3 is 0 Å². The largest absolute Gasteiger partial charge is 0.351 e. The molecule has 0 unspecified atom stereocenters. The maximum absolute atomic E-state index is 12.5. The molecule has 1 saturated carbocycles. The first-order valence-electron chi connectivity index (χ1n) is 8.42. The van der Waals surface area contributed by atoms with Gasteiger partial charge in [0.25, 0.3) is 0 Å². The van der Waals surface area contributed by atoms with Crippen LogP contribution in [0.25, 0.3) is 0 Å². The van der Waals surface area contributed by atoms with Crippen LogP contribution in [-0.2, 0) is 18.3 Å². The summed E-state index contributed by atoms with van der Waals surface area (Å²) in [6.45, 7) is 1.73. The summed E-state index contributed by atoms with van der Waals surface area (Å²) in [6, 6.07) is 4.14. The SMILES string of the molecule is Cn1ccc(CC(=O)N2CCC3(CC(Nc4ncccn4)C3)C2)n1. The summed E-state index contributed by atoms with van der Waals surface area (Å²) in [5.41, 5.74) is 1.13. The van der Waals surface area contributed by atoms with Crippen LogP contribution in [0, 0.1) is 5.41 Å². The van der Waals surface area contributed by atoms with Crippen molar-refractivity contribution < 1.29 is 4.79 Å². The van der Waals surface area contributed by atoms with Crippen molar-refractivity contribution >= 4 is 11.9 Å². The number of hydrogen-bond donors (Lipinski definition) is 1. The smallest absolute Gasteiger partial charge is 0.228 e. The van der Waals surface area contributed by atoms with Crippen molar-refractivity contribution in [3.8, 4) is 0 Å². The standard InChI is InChI=1S/C17H22N6O/c1-22-7-3-13(21-22)9-15(24)23-8-4-17(12-23)10-14(11-17)20-16-18-5-2-6-19-16/h2-3,5-7,14H,4,8-12H2,1H3,(H,18,19,20). The first kappa shape index (κ1) is 15.1. The van der Waals surface area contributed by atoms with Gasteiger partial charge in [-0.1, -0.05) is 0 Å². The zero-order valence-electron chi connectivity index (χ0n) is 13.9. The van der Waals surface area contributed by atoms with Crippen LogP contribution < -0.4 is 5.32 Å². The van der Waals surface area contributed by atoms with Gasteiger partial charge in [-0.2, -0.15) is 5.10 Å². The first-order chi connectivity index (χ1) is 11.6. The number of aromatic nitrogens is 4. The van der Waals surface area contributed by atoms with E-state index in [1.807, 2.05) is 30.3 Å². The number of aryl methyl sites for hydroxylation is 1. The number of nitrogens with zero attached hydrogens (tertiary/aromatic N) is 5. The lowest BCUT2D eigenvalue weighted by Crippen LogP contribution is -2.47. The van der Waals surface area contributed by atoms with Crippen molar-refractivity contribution in [2.75, 3.05) is 18.4 Å². The Morgan fingerprint density at radius 2 is 2.17 bits per heavy atom. The number of carbonyl (C=O) groups is 1. The molecule has 7 heteroatoms. The Morgan fingerprint density at radius 3 is 2.88 bits per heavy atom. The highest BCUT2D eigenvalue weighted by Crippen LogP contribution is 2.49. The molecule has 1 saturated heterocycles. The Morgan fingerprint density at radius 1 is 1.38 bits per heavy atom. The molecule has 0 bridgehead atoms. The second-order valence-corrected chi connectivity index (χ2v) is 7.04. The number of hydrogen-bond acceptors (Lipinski definition) is 5. The second kappa shape index (κ2) is 5.89. The molecule has 2 aromatic rings. The average molecular weight is 326 g/mol. The van der Waals surface area contributed by atoms with Gasteiger partial charge in [0.15, 0.2) is 0 Å². The molecule has 1 N–H and O–H groups in total. The summed E-state index contributed by atoms with van der Waals surface area (Å²) in [6.07, 6.45) is 9.03. The minimum absolute atomic E-state index is 0.188. The lowest BCUT2D eigenvalue weighted by atomic mass is 9.65. The third kappa shape index (κ3) is 2.98. The van der Waals surface area contributed by atoms with Crippen molar-refractivity contribution in [3.05, 3.63) is 36.4 Å². The number of rotatable bonds is 4. The van der Waals surface area contributed by atoms with E-state index in [9.17, 15) is 4.79 Å². The van der Waals surface area contributed by atoms with Crippen molar-refractivity contribution in [2.45, 2.75) is 31.7 Å². The van der Waals surface area contributed by atoms with E-state index in [1.54, 1.807) is 17.1 Å². The van der Waals surface area contributed by atoms with Gasteiger partial charge in [0, 0.05) is 44.8 Å². The zero-order chi connectivity index (χ0) is 16.6. The predicted octanol–water partition coefficient (Wildman–Crippen LogP) is 1.25. The Bertz CT molecular complexity index is 722. The van der Waals surface area contributed by atoms with Crippen LogP contribution in [0.1, 0.15) is 25.0 Å². The maximum atomic E-state index is 12.5. The topological polar surface area (TPSA) is 75.9 Å². The van der Waals surface area contributed by atoms with Gasteiger partial charge in [-0.05, 0) is 36.8 Å². The Kier molecular flexibility index (Phi) is 3.70. The monoisotopic (exact) mass is 326 g/mol. The molecule has 1 aliphatic heterocycles. The molecule has 3 heterocycles. The van der Waals surface area contributed by atoms with E-state index in [0.29, 0.717) is 18.4 Å². The summed E-state index contributed by atoms with van der Waals surface area (Å²) < 4.78 is 1.74. The van der Waals surface area contributed by atoms with E-state index in [1.165, 1.54) is 0 Å². The molecule has 4 rings (SSSR count). The second-order valence-electron chi connectivity index (χ2n) is 7.04. The fourth-order valence-corrected chi connectivity index (χ4v) is 3.95. The van der Waals surface area contributed by atoms with Crippen LogP contribution in [0.5, 0.6) is 0 Å². The highest BCUT2D eigenvalue weighted by Gasteiger charge is 2.49. The van der Waals surface area contributed by atoms with Gasteiger partial charge in [0.1, 0.15) is 0 Å². The molecule has 0 atom stereocenters. The number of nitrogens with one attached hydrogen (secondary N) is 1. The third-order valence-corrected chi connectivity index (χ3v) is 5.15. The minimum atomic E-state index is 0.188. The number of amides is 1. The number of likely N-dealkylation sites (tertiary alicyclic amines) is 1. The molecule has 1 spiro atoms. The van der Waals surface area contributed by atoms with Gasteiger partial charge < -0.3 is 10.2 Å². The third-order valence-electron chi connectivity index (χ3n) is 5.15. The Labute approximate surface area is 141 Å². The molecule has 7 nitrogen and oxygen atoms in total. The molecule has 1 aliphatic carbocycles. The highest BCUT2D eigenvalue weighted by atomic mass is 16.2. The minimum Gasteiger partial charge on any atom is -0.351 e. The molecular weight excluding hydrogens is 304 g/mol. The summed E-state index contributed by atoms with van der Waals surface area (Å²) >= 11 is 0. The normalized spacial score (nSPS) is 25.7. The van der Waals surface area contributed by atoms with E-state index in [-0.39, 0.29) is 11.3 Å². The summed E-state index contributed by atoms with van der Waals surface area (Å²) in [4.78, 5) is 22.9. The molecule has 24 heavy (non-hydrogen) atoms. The van der Waals surface area contributed by atoms with Gasteiger partial charge in [0.05, 0.1) is 12.1 Å². The van der Waals surface area contributed by atoms with Crippen molar-refractivity contribution in [1.82, 2.24) is 24.6 Å². The average Bonchev–Trinajstić information content (AvgIpc) is 3.15.